The fourth-order valence-electron chi connectivity index (χ4n) is 4.00. The first-order valence-corrected chi connectivity index (χ1v) is 12.5. The highest BCUT2D eigenvalue weighted by atomic mass is 35.5. The van der Waals surface area contributed by atoms with Crippen molar-refractivity contribution >= 4 is 40.3 Å². The molecule has 0 saturated carbocycles. The lowest BCUT2D eigenvalue weighted by molar-refractivity contribution is -0.118. The van der Waals surface area contributed by atoms with Crippen LogP contribution in [0.15, 0.2) is 101 Å². The largest absolute Gasteiger partial charge is 0.493 e. The normalized spacial score (nSPS) is 11.1. The number of rotatable bonds is 8. The molecule has 0 radical (unpaired) electrons. The maximum Gasteiger partial charge on any atom is 0.282 e. The van der Waals surface area contributed by atoms with Crippen molar-refractivity contribution < 1.29 is 18.7 Å². The van der Waals surface area contributed by atoms with Crippen LogP contribution in [0.3, 0.4) is 0 Å². The Bertz CT molecular complexity index is 1790. The molecule has 0 atom stereocenters. The van der Waals surface area contributed by atoms with Crippen molar-refractivity contribution in [1.82, 2.24) is 9.66 Å². The topological polar surface area (TPSA) is 94.8 Å². The predicted molar refractivity (Wildman–Crippen MR) is 153 cm³/mol. The quantitative estimate of drug-likeness (QED) is 0.245. The average molecular weight is 557 g/mol. The SMILES string of the molecule is COc1cc(Cl)cc(C=Nn2c(-c3ccccc3)nc3ccccc3c2=O)c1OCC(=O)Nc1ccccc1F. The van der Waals surface area contributed by atoms with Crippen LogP contribution in [0.1, 0.15) is 5.56 Å². The number of carbonyl (C=O) groups is 1. The van der Waals surface area contributed by atoms with Gasteiger partial charge in [0, 0.05) is 22.2 Å². The van der Waals surface area contributed by atoms with Crippen LogP contribution in [-0.2, 0) is 4.79 Å². The van der Waals surface area contributed by atoms with Gasteiger partial charge in [-0.1, -0.05) is 66.2 Å². The zero-order chi connectivity index (χ0) is 28.1. The Morgan fingerprint density at radius 1 is 1.05 bits per heavy atom. The maximum atomic E-state index is 13.9. The third-order valence-electron chi connectivity index (χ3n) is 5.86. The van der Waals surface area contributed by atoms with E-state index in [0.29, 0.717) is 32.9 Å². The van der Waals surface area contributed by atoms with E-state index in [-0.39, 0.29) is 22.7 Å². The van der Waals surface area contributed by atoms with Crippen LogP contribution in [0, 0.1) is 5.82 Å². The summed E-state index contributed by atoms with van der Waals surface area (Å²) < 4.78 is 26.3. The van der Waals surface area contributed by atoms with Crippen LogP contribution < -0.4 is 20.3 Å². The lowest BCUT2D eigenvalue weighted by Crippen LogP contribution is -2.22. The van der Waals surface area contributed by atoms with E-state index in [1.54, 1.807) is 36.4 Å². The Morgan fingerprint density at radius 2 is 1.77 bits per heavy atom. The van der Waals surface area contributed by atoms with Crippen molar-refractivity contribution in [2.24, 2.45) is 5.10 Å². The van der Waals surface area contributed by atoms with Crippen molar-refractivity contribution in [3.8, 4) is 22.9 Å². The molecular weight excluding hydrogens is 535 g/mol. The lowest BCUT2D eigenvalue weighted by Gasteiger charge is -2.14. The summed E-state index contributed by atoms with van der Waals surface area (Å²) in [6.45, 7) is -0.458. The minimum atomic E-state index is -0.591. The first-order chi connectivity index (χ1) is 19.4. The van der Waals surface area contributed by atoms with Crippen molar-refractivity contribution in [2.75, 3.05) is 19.0 Å². The smallest absolute Gasteiger partial charge is 0.282 e. The number of ether oxygens (including phenoxy) is 2. The Balaban J connectivity index is 1.52. The van der Waals surface area contributed by atoms with E-state index in [0.717, 1.165) is 0 Å². The molecule has 1 heterocycles. The zero-order valence-electron chi connectivity index (χ0n) is 21.2. The fraction of sp³-hybridized carbons (Fsp3) is 0.0667. The number of carbonyl (C=O) groups excluding carboxylic acids is 1. The highest BCUT2D eigenvalue weighted by molar-refractivity contribution is 6.31. The molecule has 0 saturated heterocycles. The number of nitrogens with one attached hydrogen (secondary N) is 1. The number of aromatic nitrogens is 2. The molecule has 4 aromatic carbocycles. The van der Waals surface area contributed by atoms with Gasteiger partial charge in [0.05, 0.1) is 29.9 Å². The Morgan fingerprint density at radius 3 is 2.55 bits per heavy atom. The summed E-state index contributed by atoms with van der Waals surface area (Å²) in [6, 6.07) is 25.1. The van der Waals surface area contributed by atoms with Crippen molar-refractivity contribution in [3.63, 3.8) is 0 Å². The Hall–Kier alpha value is -5.02. The minimum absolute atomic E-state index is 0.0255. The summed E-state index contributed by atoms with van der Waals surface area (Å²) in [5.41, 5.74) is 1.21. The Labute approximate surface area is 233 Å². The third-order valence-corrected chi connectivity index (χ3v) is 6.08. The molecule has 0 aliphatic heterocycles. The maximum absolute atomic E-state index is 13.9. The highest BCUT2D eigenvalue weighted by Crippen LogP contribution is 2.34. The second-order valence-electron chi connectivity index (χ2n) is 8.52. The summed E-state index contributed by atoms with van der Waals surface area (Å²) in [5, 5.41) is 7.63. The van der Waals surface area contributed by atoms with Gasteiger partial charge in [-0.2, -0.15) is 9.78 Å². The van der Waals surface area contributed by atoms with Gasteiger partial charge in [0.1, 0.15) is 5.82 Å². The molecular formula is C30H22ClFN4O4. The fourth-order valence-corrected chi connectivity index (χ4v) is 4.22. The van der Waals surface area contributed by atoms with Crippen LogP contribution in [0.25, 0.3) is 22.3 Å². The second-order valence-corrected chi connectivity index (χ2v) is 8.96. The van der Waals surface area contributed by atoms with Crippen molar-refractivity contribution in [1.29, 1.82) is 0 Å². The summed E-state index contributed by atoms with van der Waals surface area (Å²) in [7, 11) is 1.42. The summed E-state index contributed by atoms with van der Waals surface area (Å²) in [6.07, 6.45) is 1.38. The summed E-state index contributed by atoms with van der Waals surface area (Å²) >= 11 is 6.31. The first-order valence-electron chi connectivity index (χ1n) is 12.1. The van der Waals surface area contributed by atoms with Gasteiger partial charge in [-0.05, 0) is 30.3 Å². The number of amides is 1. The molecule has 1 aromatic heterocycles. The number of benzene rings is 4. The van der Waals surface area contributed by atoms with Gasteiger partial charge in [-0.15, -0.1) is 0 Å². The van der Waals surface area contributed by atoms with Crippen LogP contribution in [0.2, 0.25) is 5.02 Å². The zero-order valence-corrected chi connectivity index (χ0v) is 21.9. The number of para-hydroxylation sites is 2. The predicted octanol–water partition coefficient (Wildman–Crippen LogP) is 5.76. The number of hydrogen-bond donors (Lipinski definition) is 1. The third kappa shape index (κ3) is 5.69. The van der Waals surface area contributed by atoms with Gasteiger partial charge in [-0.3, -0.25) is 9.59 Å². The number of methoxy groups -OCH3 is 1. The van der Waals surface area contributed by atoms with E-state index in [1.807, 2.05) is 30.3 Å². The van der Waals surface area contributed by atoms with Crippen LogP contribution in [0.4, 0.5) is 10.1 Å². The Kier molecular flexibility index (Phi) is 7.84. The van der Waals surface area contributed by atoms with E-state index in [2.05, 4.69) is 15.4 Å². The number of halogens is 2. The van der Waals surface area contributed by atoms with Crippen molar-refractivity contribution in [2.45, 2.75) is 0 Å². The molecule has 0 spiro atoms. The molecule has 1 amide bonds. The van der Waals surface area contributed by atoms with Crippen molar-refractivity contribution in [3.05, 3.63) is 118 Å². The minimum Gasteiger partial charge on any atom is -0.493 e. The van der Waals surface area contributed by atoms with Gasteiger partial charge >= 0.3 is 0 Å². The molecule has 1 N–H and O–H groups in total. The van der Waals surface area contributed by atoms with Crippen LogP contribution in [-0.4, -0.2) is 35.5 Å². The molecule has 0 unspecified atom stereocenters. The molecule has 5 rings (SSSR count). The molecule has 5 aromatic rings. The molecule has 40 heavy (non-hydrogen) atoms. The standard InChI is InChI=1S/C30H22ClFN4O4/c1-39-26-16-21(31)15-20(28(26)40-18-27(37)34-25-14-8-6-12-23(25)32)17-33-36-29(19-9-3-2-4-10-19)35-24-13-7-5-11-22(24)30(36)38/h2-17H,18H2,1H3,(H,34,37). The molecule has 0 aliphatic carbocycles. The van der Waals surface area contributed by atoms with E-state index in [9.17, 15) is 14.0 Å². The summed E-state index contributed by atoms with van der Waals surface area (Å²) in [4.78, 5) is 30.7. The summed E-state index contributed by atoms with van der Waals surface area (Å²) in [5.74, 6) is -0.439. The molecule has 8 nitrogen and oxygen atoms in total. The van der Waals surface area contributed by atoms with Crippen LogP contribution >= 0.6 is 11.6 Å². The van der Waals surface area contributed by atoms with E-state index < -0.39 is 18.3 Å². The van der Waals surface area contributed by atoms with E-state index in [1.165, 1.54) is 42.3 Å². The van der Waals surface area contributed by atoms with Gasteiger partial charge in [0.15, 0.2) is 23.9 Å². The van der Waals surface area contributed by atoms with Crippen LogP contribution in [0.5, 0.6) is 11.5 Å². The molecule has 0 bridgehead atoms. The van der Waals surface area contributed by atoms with E-state index >= 15 is 0 Å². The van der Waals surface area contributed by atoms with Gasteiger partial charge < -0.3 is 14.8 Å². The lowest BCUT2D eigenvalue weighted by atomic mass is 10.2. The monoisotopic (exact) mass is 556 g/mol. The molecule has 0 aliphatic rings. The number of anilines is 1. The number of fused-ring (bicyclic) bond motifs is 1. The molecule has 0 fully saturated rings. The van der Waals surface area contributed by atoms with Gasteiger partial charge in [-0.25, -0.2) is 9.37 Å². The highest BCUT2D eigenvalue weighted by Gasteiger charge is 2.16. The average Bonchev–Trinajstić information content (AvgIpc) is 2.97. The first kappa shape index (κ1) is 26.6. The van der Waals surface area contributed by atoms with E-state index in [4.69, 9.17) is 21.1 Å². The molecule has 10 heteroatoms. The number of hydrogen-bond acceptors (Lipinski definition) is 6. The second kappa shape index (κ2) is 11.8. The molecule has 200 valence electrons. The van der Waals surface area contributed by atoms with Gasteiger partial charge in [0.25, 0.3) is 11.5 Å². The number of nitrogens with zero attached hydrogens (tertiary/aromatic N) is 3. The van der Waals surface area contributed by atoms with Gasteiger partial charge in [0.2, 0.25) is 0 Å².